The van der Waals surface area contributed by atoms with E-state index in [9.17, 15) is 0 Å². The van der Waals surface area contributed by atoms with E-state index in [1.807, 2.05) is 11.8 Å². The van der Waals surface area contributed by atoms with Crippen molar-refractivity contribution < 1.29 is 0 Å². The van der Waals surface area contributed by atoms with Crippen molar-refractivity contribution in [2.75, 3.05) is 0 Å². The summed E-state index contributed by atoms with van der Waals surface area (Å²) in [5.41, 5.74) is 1.40. The van der Waals surface area contributed by atoms with Gasteiger partial charge in [0.05, 0.1) is 0 Å². The molecule has 1 atom stereocenters. The summed E-state index contributed by atoms with van der Waals surface area (Å²) >= 11 is 2.50. The van der Waals surface area contributed by atoms with Gasteiger partial charge in [0.1, 0.15) is 0 Å². The average molecular weight is 303 g/mol. The minimum atomic E-state index is 0.534. The zero-order valence-corrected chi connectivity index (χ0v) is 11.8. The van der Waals surface area contributed by atoms with Crippen LogP contribution in [0, 0.1) is 0 Å². The van der Waals surface area contributed by atoms with Gasteiger partial charge < -0.3 is 0 Å². The molecule has 0 spiro atoms. The molecule has 17 heavy (non-hydrogen) atoms. The van der Waals surface area contributed by atoms with E-state index in [2.05, 4.69) is 66.7 Å². The van der Waals surface area contributed by atoms with E-state index in [-0.39, 0.29) is 0 Å². The minimum absolute atomic E-state index is 0.534. The molecule has 3 rings (SSSR count). The van der Waals surface area contributed by atoms with Gasteiger partial charge in [-0.2, -0.15) is 0 Å². The van der Waals surface area contributed by atoms with Crippen LogP contribution in [0.2, 0.25) is 0 Å². The van der Waals surface area contributed by atoms with Crippen LogP contribution >= 0.6 is 11.8 Å². The van der Waals surface area contributed by atoms with Crippen molar-refractivity contribution in [3.05, 3.63) is 66.2 Å². The average Bonchev–Trinajstić information content (AvgIpc) is 2.40. The van der Waals surface area contributed by atoms with Gasteiger partial charge in [-0.15, -0.1) is 0 Å². The molecule has 1 aliphatic heterocycles. The van der Waals surface area contributed by atoms with Gasteiger partial charge in [-0.1, -0.05) is 0 Å². The van der Waals surface area contributed by atoms with Gasteiger partial charge in [-0.05, 0) is 0 Å². The van der Waals surface area contributed by atoms with Crippen molar-refractivity contribution in [2.45, 2.75) is 9.04 Å². The Bertz CT molecular complexity index is 534. The molecule has 2 aromatic carbocycles. The summed E-state index contributed by atoms with van der Waals surface area (Å²) in [6.07, 6.45) is 4.61. The molecule has 0 amide bonds. The summed E-state index contributed by atoms with van der Waals surface area (Å²) in [6, 6.07) is 19.4. The summed E-state index contributed by atoms with van der Waals surface area (Å²) in [4.78, 5) is 1.36. The third kappa shape index (κ3) is 2.66. The second-order valence-corrected chi connectivity index (χ2v) is 8.19. The Hall–Kier alpha value is -0.951. The zero-order chi connectivity index (χ0) is 11.5. The predicted octanol–water partition coefficient (Wildman–Crippen LogP) is 3.16. The number of rotatable bonds is 2. The first-order chi connectivity index (χ1) is 8.42. The van der Waals surface area contributed by atoms with Crippen molar-refractivity contribution in [1.29, 1.82) is 0 Å². The van der Waals surface area contributed by atoms with Crippen LogP contribution in [-0.2, 0) is 0 Å². The van der Waals surface area contributed by atoms with E-state index in [1.54, 1.807) is 0 Å². The van der Waals surface area contributed by atoms with Crippen LogP contribution in [0.1, 0.15) is 5.56 Å². The predicted molar refractivity (Wildman–Crippen MR) is 77.0 cm³/mol. The van der Waals surface area contributed by atoms with E-state index in [0.717, 1.165) is 0 Å². The second kappa shape index (κ2) is 5.14. The summed E-state index contributed by atoms with van der Waals surface area (Å²) in [6.45, 7) is 0. The molecule has 1 aliphatic rings. The molecule has 0 aromatic heterocycles. The van der Waals surface area contributed by atoms with Gasteiger partial charge in [0.25, 0.3) is 0 Å². The molecule has 0 aliphatic carbocycles. The SMILES string of the molecule is C1=CC(Sc2ccccc2)[Se]c2ccccc21. The topological polar surface area (TPSA) is 0 Å². The van der Waals surface area contributed by atoms with E-state index in [4.69, 9.17) is 0 Å². The van der Waals surface area contributed by atoms with E-state index >= 15 is 0 Å². The number of thioether (sulfide) groups is 1. The molecular formula is C15H12SSe. The Balaban J connectivity index is 1.77. The van der Waals surface area contributed by atoms with E-state index in [1.165, 1.54) is 14.9 Å². The van der Waals surface area contributed by atoms with Gasteiger partial charge in [0, 0.05) is 0 Å². The molecule has 2 aromatic rings. The van der Waals surface area contributed by atoms with Crippen molar-refractivity contribution in [3.63, 3.8) is 0 Å². The van der Waals surface area contributed by atoms with Gasteiger partial charge in [0.15, 0.2) is 0 Å². The monoisotopic (exact) mass is 304 g/mol. The fraction of sp³-hybridized carbons (Fsp3) is 0.0667. The van der Waals surface area contributed by atoms with E-state index in [0.29, 0.717) is 19.1 Å². The fourth-order valence-corrected chi connectivity index (χ4v) is 5.85. The number of hydrogen-bond donors (Lipinski definition) is 0. The normalized spacial score (nSPS) is 17.8. The Labute approximate surface area is 112 Å². The summed E-state index contributed by atoms with van der Waals surface area (Å²) in [7, 11) is 0. The number of hydrogen-bond acceptors (Lipinski definition) is 1. The van der Waals surface area contributed by atoms with Crippen molar-refractivity contribution in [3.8, 4) is 0 Å². The summed E-state index contributed by atoms with van der Waals surface area (Å²) in [5, 5.41) is 0. The molecule has 84 valence electrons. The molecule has 0 saturated heterocycles. The molecule has 0 saturated carbocycles. The van der Waals surface area contributed by atoms with Crippen LogP contribution in [0.4, 0.5) is 0 Å². The molecule has 0 bridgehead atoms. The Kier molecular flexibility index (Phi) is 3.37. The van der Waals surface area contributed by atoms with Gasteiger partial charge in [-0.3, -0.25) is 0 Å². The molecule has 2 heteroatoms. The third-order valence-electron chi connectivity index (χ3n) is 2.59. The molecule has 0 N–H and O–H groups in total. The van der Waals surface area contributed by atoms with Crippen LogP contribution < -0.4 is 4.46 Å². The standard InChI is InChI=1S/C15H12SSe/c1-2-7-13(8-3-1)16-15-11-10-12-6-4-5-9-14(12)17-15/h1-11,15H. The van der Waals surface area contributed by atoms with Crippen LogP contribution in [0.5, 0.6) is 0 Å². The first kappa shape index (κ1) is 11.2. The maximum atomic E-state index is 2.35. The second-order valence-electron chi connectivity index (χ2n) is 3.81. The van der Waals surface area contributed by atoms with Crippen LogP contribution in [0.3, 0.4) is 0 Å². The van der Waals surface area contributed by atoms with Gasteiger partial charge in [-0.25, -0.2) is 0 Å². The first-order valence-corrected chi connectivity index (χ1v) is 8.30. The Morgan fingerprint density at radius 2 is 1.65 bits per heavy atom. The molecule has 0 fully saturated rings. The fourth-order valence-electron chi connectivity index (χ4n) is 1.77. The van der Waals surface area contributed by atoms with Gasteiger partial charge in [0.2, 0.25) is 0 Å². The zero-order valence-electron chi connectivity index (χ0n) is 9.24. The third-order valence-corrected chi connectivity index (χ3v) is 6.76. The quantitative estimate of drug-likeness (QED) is 0.768. The van der Waals surface area contributed by atoms with Crippen molar-refractivity contribution in [1.82, 2.24) is 0 Å². The van der Waals surface area contributed by atoms with Crippen molar-refractivity contribution >= 4 is 37.3 Å². The maximum absolute atomic E-state index is 2.35. The molecule has 0 radical (unpaired) electrons. The summed E-state index contributed by atoms with van der Waals surface area (Å²) < 4.78 is 2.15. The van der Waals surface area contributed by atoms with Crippen LogP contribution in [0.25, 0.3) is 6.08 Å². The molecule has 1 unspecified atom stereocenters. The molecular weight excluding hydrogens is 291 g/mol. The van der Waals surface area contributed by atoms with Crippen molar-refractivity contribution in [2.24, 2.45) is 0 Å². The van der Waals surface area contributed by atoms with E-state index < -0.39 is 0 Å². The van der Waals surface area contributed by atoms with Crippen LogP contribution in [-0.4, -0.2) is 19.1 Å². The number of benzene rings is 2. The van der Waals surface area contributed by atoms with Crippen LogP contribution in [0.15, 0.2) is 65.6 Å². The molecule has 1 heterocycles. The Morgan fingerprint density at radius 3 is 2.53 bits per heavy atom. The van der Waals surface area contributed by atoms with Gasteiger partial charge >= 0.3 is 113 Å². The first-order valence-electron chi connectivity index (χ1n) is 5.57. The summed E-state index contributed by atoms with van der Waals surface area (Å²) in [5.74, 6) is 0. The number of fused-ring (bicyclic) bond motifs is 1. The Morgan fingerprint density at radius 1 is 0.882 bits per heavy atom. The molecule has 0 nitrogen and oxygen atoms in total.